The van der Waals surface area contributed by atoms with Crippen molar-refractivity contribution in [1.82, 2.24) is 10.3 Å². The molecule has 36 heavy (non-hydrogen) atoms. The number of cyclic esters (lactones) is 1. The number of unbranched alkanes of at least 4 members (excludes halogenated alkanes) is 5. The van der Waals surface area contributed by atoms with E-state index in [-0.39, 0.29) is 5.91 Å². The number of imide groups is 1. The number of carbonyl (C=O) groups excluding carboxylic acids is 2. The van der Waals surface area contributed by atoms with E-state index in [2.05, 4.69) is 22.4 Å². The number of amides is 2. The molecule has 3 aromatic rings. The van der Waals surface area contributed by atoms with Crippen molar-refractivity contribution in [3.63, 3.8) is 0 Å². The second kappa shape index (κ2) is 13.3. The number of aromatic nitrogens is 1. The summed E-state index contributed by atoms with van der Waals surface area (Å²) in [6.45, 7) is 0.357. The van der Waals surface area contributed by atoms with Gasteiger partial charge in [0.05, 0.1) is 0 Å². The molecule has 1 unspecified atom stereocenters. The van der Waals surface area contributed by atoms with Gasteiger partial charge in [0.1, 0.15) is 24.3 Å². The van der Waals surface area contributed by atoms with E-state index in [1.165, 1.54) is 12.0 Å². The molecule has 1 aromatic heterocycles. The van der Waals surface area contributed by atoms with Crippen LogP contribution in [0.5, 0.6) is 5.75 Å². The number of carbonyl (C=O) groups is 2. The number of nitrogens with one attached hydrogen (secondary N) is 1. The minimum atomic E-state index is -0.624. The number of hydrogen-bond donors (Lipinski definition) is 1. The molecule has 2 amide bonds. The van der Waals surface area contributed by atoms with Crippen LogP contribution >= 0.6 is 0 Å². The first kappa shape index (κ1) is 25.2. The lowest BCUT2D eigenvalue weighted by Gasteiger charge is -2.07. The van der Waals surface area contributed by atoms with Gasteiger partial charge in [-0.1, -0.05) is 68.1 Å². The van der Waals surface area contributed by atoms with Crippen molar-refractivity contribution in [3.05, 3.63) is 83.6 Å². The average molecular weight is 489 g/mol. The van der Waals surface area contributed by atoms with Gasteiger partial charge >= 0.3 is 6.09 Å². The maximum Gasteiger partial charge on any atom is 0.414 e. The summed E-state index contributed by atoms with van der Waals surface area (Å²) in [5.41, 5.74) is 3.14. The molecule has 1 aliphatic heterocycles. The van der Waals surface area contributed by atoms with E-state index in [1.807, 2.05) is 54.6 Å². The zero-order valence-electron chi connectivity index (χ0n) is 20.4. The molecule has 1 saturated heterocycles. The largest absolute Gasteiger partial charge is 0.487 e. The summed E-state index contributed by atoms with van der Waals surface area (Å²) in [5.74, 6) is 1.06. The molecule has 2 heterocycles. The second-order valence-electron chi connectivity index (χ2n) is 8.90. The fourth-order valence-corrected chi connectivity index (χ4v) is 4.06. The number of alkyl carbamates (subject to hydrolysis) is 1. The Labute approximate surface area is 211 Å². The molecule has 1 N–H and O–H groups in total. The summed E-state index contributed by atoms with van der Waals surface area (Å²) in [6, 6.07) is 18.2. The standard InChI is InChI=1S/C29H32N2O5/c32-28-26(36-29(33)31-28)13-9-4-2-1-3-6-12-23-14-17-25(18-15-23)34-20-24-21-35-27(30-24)19-16-22-10-7-5-8-11-22/h5,7-8,10-11,14-19,21,26H,1-4,6,9,12-13,20H2,(H,31,32,33). The Hall–Kier alpha value is -3.87. The maximum atomic E-state index is 11.4. The minimum Gasteiger partial charge on any atom is -0.487 e. The zero-order chi connectivity index (χ0) is 25.0. The Morgan fingerprint density at radius 2 is 1.64 bits per heavy atom. The van der Waals surface area contributed by atoms with E-state index in [1.54, 1.807) is 6.26 Å². The van der Waals surface area contributed by atoms with Crippen molar-refractivity contribution in [1.29, 1.82) is 0 Å². The lowest BCUT2D eigenvalue weighted by Crippen LogP contribution is -2.24. The van der Waals surface area contributed by atoms with Crippen molar-refractivity contribution in [3.8, 4) is 5.75 Å². The van der Waals surface area contributed by atoms with Gasteiger partial charge in [0.2, 0.25) is 5.89 Å². The van der Waals surface area contributed by atoms with Crippen LogP contribution in [-0.2, 0) is 22.6 Å². The molecule has 7 heteroatoms. The van der Waals surface area contributed by atoms with Crippen LogP contribution in [0.4, 0.5) is 4.79 Å². The molecule has 2 aromatic carbocycles. The van der Waals surface area contributed by atoms with Gasteiger partial charge in [0, 0.05) is 6.08 Å². The number of rotatable bonds is 14. The third kappa shape index (κ3) is 8.12. The van der Waals surface area contributed by atoms with E-state index in [9.17, 15) is 9.59 Å². The highest BCUT2D eigenvalue weighted by molar-refractivity contribution is 5.99. The molecule has 0 aliphatic carbocycles. The van der Waals surface area contributed by atoms with Gasteiger partial charge in [-0.15, -0.1) is 0 Å². The van der Waals surface area contributed by atoms with Crippen molar-refractivity contribution < 1.29 is 23.5 Å². The average Bonchev–Trinajstić information content (AvgIpc) is 3.49. The van der Waals surface area contributed by atoms with Gasteiger partial charge < -0.3 is 13.9 Å². The van der Waals surface area contributed by atoms with Crippen LogP contribution in [0.3, 0.4) is 0 Å². The predicted octanol–water partition coefficient (Wildman–Crippen LogP) is 6.33. The quantitative estimate of drug-likeness (QED) is 0.267. The molecule has 188 valence electrons. The minimum absolute atomic E-state index is 0.310. The van der Waals surface area contributed by atoms with Crippen LogP contribution < -0.4 is 10.1 Å². The molecule has 0 spiro atoms. The number of ether oxygens (including phenoxy) is 2. The highest BCUT2D eigenvalue weighted by atomic mass is 16.6. The highest BCUT2D eigenvalue weighted by Gasteiger charge is 2.31. The van der Waals surface area contributed by atoms with Crippen LogP contribution in [-0.4, -0.2) is 23.1 Å². The topological polar surface area (TPSA) is 90.7 Å². The monoisotopic (exact) mass is 488 g/mol. The Kier molecular flexibility index (Phi) is 9.31. The van der Waals surface area contributed by atoms with Gasteiger partial charge in [-0.25, -0.2) is 9.78 Å². The molecule has 1 aliphatic rings. The highest BCUT2D eigenvalue weighted by Crippen LogP contribution is 2.18. The van der Waals surface area contributed by atoms with Gasteiger partial charge in [0.15, 0.2) is 6.10 Å². The maximum absolute atomic E-state index is 11.4. The number of benzene rings is 2. The van der Waals surface area contributed by atoms with Crippen LogP contribution in [0.1, 0.15) is 67.7 Å². The second-order valence-corrected chi connectivity index (χ2v) is 8.90. The molecule has 1 fully saturated rings. The van der Waals surface area contributed by atoms with Crippen molar-refractivity contribution >= 4 is 24.2 Å². The summed E-state index contributed by atoms with van der Waals surface area (Å²) < 4.78 is 16.3. The summed E-state index contributed by atoms with van der Waals surface area (Å²) in [5, 5.41) is 2.16. The first-order valence-electron chi connectivity index (χ1n) is 12.6. The summed E-state index contributed by atoms with van der Waals surface area (Å²) in [4.78, 5) is 26.9. The summed E-state index contributed by atoms with van der Waals surface area (Å²) >= 11 is 0. The fraction of sp³-hybridized carbons (Fsp3) is 0.345. The van der Waals surface area contributed by atoms with E-state index >= 15 is 0 Å². The Morgan fingerprint density at radius 1 is 0.889 bits per heavy atom. The molecule has 1 atom stereocenters. The predicted molar refractivity (Wildman–Crippen MR) is 137 cm³/mol. The van der Waals surface area contributed by atoms with Gasteiger partial charge in [-0.05, 0) is 55.0 Å². The lowest BCUT2D eigenvalue weighted by molar-refractivity contribution is -0.123. The number of aryl methyl sites for hydroxylation is 1. The number of hydrogen-bond acceptors (Lipinski definition) is 6. The normalized spacial score (nSPS) is 15.3. The fourth-order valence-electron chi connectivity index (χ4n) is 4.06. The molecule has 0 bridgehead atoms. The summed E-state index contributed by atoms with van der Waals surface area (Å²) in [7, 11) is 0. The molecule has 0 radical (unpaired) electrons. The van der Waals surface area contributed by atoms with Crippen molar-refractivity contribution in [2.45, 2.75) is 64.1 Å². The van der Waals surface area contributed by atoms with Crippen LogP contribution in [0.15, 0.2) is 65.3 Å². The lowest BCUT2D eigenvalue weighted by atomic mass is 10.0. The third-order valence-electron chi connectivity index (χ3n) is 6.05. The molecular formula is C29H32N2O5. The Bertz CT molecular complexity index is 1140. The first-order valence-corrected chi connectivity index (χ1v) is 12.6. The molecule has 7 nitrogen and oxygen atoms in total. The van der Waals surface area contributed by atoms with E-state index in [4.69, 9.17) is 13.9 Å². The van der Waals surface area contributed by atoms with E-state index in [0.29, 0.717) is 18.9 Å². The van der Waals surface area contributed by atoms with Crippen LogP contribution in [0.25, 0.3) is 12.2 Å². The van der Waals surface area contributed by atoms with E-state index < -0.39 is 12.2 Å². The number of nitrogens with zero attached hydrogens (tertiary/aromatic N) is 1. The van der Waals surface area contributed by atoms with Crippen molar-refractivity contribution in [2.75, 3.05) is 0 Å². The summed E-state index contributed by atoms with van der Waals surface area (Å²) in [6.07, 6.45) is 12.4. The molecule has 4 rings (SSSR count). The van der Waals surface area contributed by atoms with Gasteiger partial charge in [0.25, 0.3) is 5.91 Å². The van der Waals surface area contributed by atoms with Crippen LogP contribution in [0.2, 0.25) is 0 Å². The SMILES string of the molecule is O=C1NC(=O)C(CCCCCCCCc2ccc(OCc3coc(C=Cc4ccccc4)n3)cc2)O1. The van der Waals surface area contributed by atoms with Gasteiger partial charge in [-0.2, -0.15) is 0 Å². The first-order chi connectivity index (χ1) is 17.7. The Morgan fingerprint density at radius 3 is 2.39 bits per heavy atom. The zero-order valence-corrected chi connectivity index (χ0v) is 20.4. The number of oxazole rings is 1. The molecule has 0 saturated carbocycles. The smallest absolute Gasteiger partial charge is 0.414 e. The third-order valence-corrected chi connectivity index (χ3v) is 6.05. The Balaban J connectivity index is 1.07. The van der Waals surface area contributed by atoms with Gasteiger partial charge in [-0.3, -0.25) is 10.1 Å². The van der Waals surface area contributed by atoms with Crippen LogP contribution in [0, 0.1) is 0 Å². The van der Waals surface area contributed by atoms with Crippen molar-refractivity contribution in [2.24, 2.45) is 0 Å². The molecular weight excluding hydrogens is 456 g/mol. The van der Waals surface area contributed by atoms with E-state index in [0.717, 1.165) is 55.5 Å².